The molecule has 0 aromatic carbocycles. The van der Waals surface area contributed by atoms with Crippen molar-refractivity contribution in [1.82, 2.24) is 9.97 Å². The molecule has 0 bridgehead atoms. The van der Waals surface area contributed by atoms with E-state index in [1.165, 1.54) is 12.3 Å². The molecule has 2 aromatic rings. The molecule has 0 atom stereocenters. The van der Waals surface area contributed by atoms with Gasteiger partial charge in [0.1, 0.15) is 5.82 Å². The molecule has 2 heterocycles. The molecule has 0 saturated carbocycles. The lowest BCUT2D eigenvalue weighted by Gasteiger charge is -2.04. The van der Waals surface area contributed by atoms with E-state index in [1.54, 1.807) is 12.3 Å². The van der Waals surface area contributed by atoms with Crippen molar-refractivity contribution in [2.24, 2.45) is 0 Å². The third-order valence-electron chi connectivity index (χ3n) is 1.93. The van der Waals surface area contributed by atoms with Gasteiger partial charge in [0.15, 0.2) is 0 Å². The Kier molecular flexibility index (Phi) is 2.88. The second kappa shape index (κ2) is 4.50. The van der Waals surface area contributed by atoms with E-state index >= 15 is 0 Å². The molecule has 0 aliphatic heterocycles. The number of pyridine rings is 2. The van der Waals surface area contributed by atoms with Gasteiger partial charge in [-0.3, -0.25) is 0 Å². The fourth-order valence-corrected chi connectivity index (χ4v) is 1.17. The fraction of sp³-hybridized carbons (Fsp3) is 0.0909. The predicted molar refractivity (Wildman–Crippen MR) is 55.8 cm³/mol. The second-order valence-electron chi connectivity index (χ2n) is 3.06. The van der Waals surface area contributed by atoms with Crippen LogP contribution >= 0.6 is 0 Å². The van der Waals surface area contributed by atoms with Crippen molar-refractivity contribution < 1.29 is 4.39 Å². The SMILES string of the molecule is Fc1ccc(CNc2ccccn2)cn1. The van der Waals surface area contributed by atoms with Gasteiger partial charge in [-0.15, -0.1) is 0 Å². The lowest BCUT2D eigenvalue weighted by atomic mass is 10.3. The molecule has 2 aromatic heterocycles. The molecule has 0 fully saturated rings. The van der Waals surface area contributed by atoms with Gasteiger partial charge in [-0.25, -0.2) is 9.97 Å². The molecule has 76 valence electrons. The van der Waals surface area contributed by atoms with Gasteiger partial charge in [0, 0.05) is 18.9 Å². The van der Waals surface area contributed by atoms with Crippen molar-refractivity contribution in [2.75, 3.05) is 5.32 Å². The van der Waals surface area contributed by atoms with Crippen molar-refractivity contribution >= 4 is 5.82 Å². The quantitative estimate of drug-likeness (QED) is 0.777. The minimum Gasteiger partial charge on any atom is -0.366 e. The molecule has 1 N–H and O–H groups in total. The third kappa shape index (κ3) is 2.74. The highest BCUT2D eigenvalue weighted by Gasteiger charge is 1.95. The topological polar surface area (TPSA) is 37.8 Å². The molecular weight excluding hydrogens is 193 g/mol. The summed E-state index contributed by atoms with van der Waals surface area (Å²) in [5.41, 5.74) is 0.919. The maximum Gasteiger partial charge on any atom is 0.212 e. The lowest BCUT2D eigenvalue weighted by Crippen LogP contribution is -2.01. The van der Waals surface area contributed by atoms with Crippen LogP contribution < -0.4 is 5.32 Å². The lowest BCUT2D eigenvalue weighted by molar-refractivity contribution is 0.582. The van der Waals surface area contributed by atoms with E-state index in [9.17, 15) is 4.39 Å². The first kappa shape index (κ1) is 9.58. The van der Waals surface area contributed by atoms with Crippen LogP contribution in [-0.4, -0.2) is 9.97 Å². The van der Waals surface area contributed by atoms with Gasteiger partial charge in [-0.05, 0) is 23.8 Å². The Balaban J connectivity index is 1.96. The molecule has 4 heteroatoms. The van der Waals surface area contributed by atoms with Crippen molar-refractivity contribution in [3.8, 4) is 0 Å². The first-order valence-electron chi connectivity index (χ1n) is 4.60. The van der Waals surface area contributed by atoms with E-state index in [1.807, 2.05) is 18.2 Å². The summed E-state index contributed by atoms with van der Waals surface area (Å²) in [7, 11) is 0. The van der Waals surface area contributed by atoms with Crippen molar-refractivity contribution in [2.45, 2.75) is 6.54 Å². The average molecular weight is 203 g/mol. The summed E-state index contributed by atoms with van der Waals surface area (Å²) in [6.45, 7) is 0.588. The zero-order valence-electron chi connectivity index (χ0n) is 8.02. The molecule has 0 radical (unpaired) electrons. The Hall–Kier alpha value is -1.97. The van der Waals surface area contributed by atoms with Gasteiger partial charge in [-0.2, -0.15) is 4.39 Å². The number of hydrogen-bond acceptors (Lipinski definition) is 3. The van der Waals surface area contributed by atoms with E-state index in [4.69, 9.17) is 0 Å². The Bertz CT molecular complexity index is 414. The molecule has 0 unspecified atom stereocenters. The summed E-state index contributed by atoms with van der Waals surface area (Å²) in [5, 5.41) is 3.11. The number of halogens is 1. The minimum atomic E-state index is -0.461. The van der Waals surface area contributed by atoms with Gasteiger partial charge >= 0.3 is 0 Å². The Morgan fingerprint density at radius 3 is 2.73 bits per heavy atom. The highest BCUT2D eigenvalue weighted by Crippen LogP contribution is 2.04. The Morgan fingerprint density at radius 1 is 1.13 bits per heavy atom. The van der Waals surface area contributed by atoms with Crippen LogP contribution in [0.25, 0.3) is 0 Å². The summed E-state index contributed by atoms with van der Waals surface area (Å²) in [6, 6.07) is 8.66. The zero-order valence-corrected chi connectivity index (χ0v) is 8.02. The maximum absolute atomic E-state index is 12.5. The Morgan fingerprint density at radius 2 is 2.07 bits per heavy atom. The van der Waals surface area contributed by atoms with Crippen LogP contribution in [-0.2, 0) is 6.54 Å². The van der Waals surface area contributed by atoms with Gasteiger partial charge in [0.05, 0.1) is 0 Å². The Labute approximate surface area is 87.0 Å². The maximum atomic E-state index is 12.5. The van der Waals surface area contributed by atoms with Crippen LogP contribution in [0.3, 0.4) is 0 Å². The van der Waals surface area contributed by atoms with Crippen molar-refractivity contribution in [1.29, 1.82) is 0 Å². The summed E-state index contributed by atoms with van der Waals surface area (Å²) in [5.74, 6) is 0.332. The van der Waals surface area contributed by atoms with Crippen LogP contribution in [0, 0.1) is 5.95 Å². The first-order valence-corrected chi connectivity index (χ1v) is 4.60. The average Bonchev–Trinajstić information content (AvgIpc) is 2.30. The van der Waals surface area contributed by atoms with Gasteiger partial charge in [-0.1, -0.05) is 12.1 Å². The number of anilines is 1. The summed E-state index contributed by atoms with van der Waals surface area (Å²) < 4.78 is 12.5. The number of hydrogen-bond donors (Lipinski definition) is 1. The van der Waals surface area contributed by atoms with E-state index in [0.29, 0.717) is 6.54 Å². The fourth-order valence-electron chi connectivity index (χ4n) is 1.17. The summed E-state index contributed by atoms with van der Waals surface area (Å²) in [4.78, 5) is 7.67. The standard InChI is InChI=1S/C11H10FN3/c12-10-5-4-9(7-14-10)8-15-11-3-1-2-6-13-11/h1-7H,8H2,(H,13,15). The van der Waals surface area contributed by atoms with Gasteiger partial charge in [0.25, 0.3) is 0 Å². The number of nitrogens with zero attached hydrogens (tertiary/aromatic N) is 2. The van der Waals surface area contributed by atoms with Crippen LogP contribution in [0.15, 0.2) is 42.7 Å². The van der Waals surface area contributed by atoms with Crippen LogP contribution in [0.1, 0.15) is 5.56 Å². The molecule has 0 aliphatic carbocycles. The van der Waals surface area contributed by atoms with Gasteiger partial charge in [0.2, 0.25) is 5.95 Å². The second-order valence-corrected chi connectivity index (χ2v) is 3.06. The monoisotopic (exact) mass is 203 g/mol. The molecule has 0 saturated heterocycles. The van der Waals surface area contributed by atoms with Crippen LogP contribution in [0.5, 0.6) is 0 Å². The molecule has 15 heavy (non-hydrogen) atoms. The number of aromatic nitrogens is 2. The normalized spacial score (nSPS) is 9.93. The highest BCUT2D eigenvalue weighted by molar-refractivity contribution is 5.34. The zero-order chi connectivity index (χ0) is 10.5. The van der Waals surface area contributed by atoms with E-state index in [0.717, 1.165) is 11.4 Å². The van der Waals surface area contributed by atoms with Crippen LogP contribution in [0.4, 0.5) is 10.2 Å². The first-order chi connectivity index (χ1) is 7.34. The largest absolute Gasteiger partial charge is 0.366 e. The van der Waals surface area contributed by atoms with E-state index in [2.05, 4.69) is 15.3 Å². The smallest absolute Gasteiger partial charge is 0.212 e. The summed E-state index contributed by atoms with van der Waals surface area (Å²) >= 11 is 0. The van der Waals surface area contributed by atoms with Crippen LogP contribution in [0.2, 0.25) is 0 Å². The van der Waals surface area contributed by atoms with Gasteiger partial charge < -0.3 is 5.32 Å². The summed E-state index contributed by atoms with van der Waals surface area (Å²) in [6.07, 6.45) is 3.22. The third-order valence-corrected chi connectivity index (χ3v) is 1.93. The molecule has 0 aliphatic rings. The molecule has 0 amide bonds. The van der Waals surface area contributed by atoms with E-state index < -0.39 is 5.95 Å². The highest BCUT2D eigenvalue weighted by atomic mass is 19.1. The number of rotatable bonds is 3. The van der Waals surface area contributed by atoms with Crippen molar-refractivity contribution in [3.05, 3.63) is 54.2 Å². The molecular formula is C11H10FN3. The molecule has 0 spiro atoms. The number of nitrogens with one attached hydrogen (secondary N) is 1. The van der Waals surface area contributed by atoms with E-state index in [-0.39, 0.29) is 0 Å². The molecule has 2 rings (SSSR count). The minimum absolute atomic E-state index is 0.461. The molecule has 3 nitrogen and oxygen atoms in total. The predicted octanol–water partition coefficient (Wildman–Crippen LogP) is 2.23. The van der Waals surface area contributed by atoms with Crippen molar-refractivity contribution in [3.63, 3.8) is 0 Å².